The van der Waals surface area contributed by atoms with Crippen molar-refractivity contribution in [1.82, 2.24) is 0 Å². The zero-order chi connectivity index (χ0) is 24.2. The lowest BCUT2D eigenvalue weighted by atomic mass is 9.74. The summed E-state index contributed by atoms with van der Waals surface area (Å²) < 4.78 is 11.8. The number of para-hydroxylation sites is 1. The Morgan fingerprint density at radius 1 is 1.03 bits per heavy atom. The van der Waals surface area contributed by atoms with E-state index in [9.17, 15) is 14.9 Å². The molecule has 3 aromatic carbocycles. The summed E-state index contributed by atoms with van der Waals surface area (Å²) in [6.45, 7) is 0. The molecule has 174 valence electrons. The molecule has 2 aliphatic heterocycles. The van der Waals surface area contributed by atoms with Crippen LogP contribution in [0.3, 0.4) is 0 Å². The van der Waals surface area contributed by atoms with Gasteiger partial charge in [-0.15, -0.1) is 0 Å². The number of anilines is 1. The monoisotopic (exact) mass is 498 g/mol. The van der Waals surface area contributed by atoms with Gasteiger partial charge in [-0.2, -0.15) is 0 Å². The zero-order valence-corrected chi connectivity index (χ0v) is 19.8. The summed E-state index contributed by atoms with van der Waals surface area (Å²) in [5, 5.41) is 13.1. The van der Waals surface area contributed by atoms with Crippen LogP contribution in [-0.2, 0) is 15.1 Å². The van der Waals surface area contributed by atoms with Crippen LogP contribution in [-0.4, -0.2) is 31.0 Å². The number of carbonyl (C=O) groups is 1. The number of hydrogen-bond acceptors (Lipinski definition) is 5. The number of amides is 1. The zero-order valence-electron chi connectivity index (χ0n) is 18.3. The maximum absolute atomic E-state index is 13.9. The minimum absolute atomic E-state index is 0.238. The number of methoxy groups -OCH3 is 1. The summed E-state index contributed by atoms with van der Waals surface area (Å²) in [6, 6.07) is 17.5. The van der Waals surface area contributed by atoms with Gasteiger partial charge < -0.3 is 14.4 Å². The van der Waals surface area contributed by atoms with Gasteiger partial charge >= 0.3 is 0 Å². The van der Waals surface area contributed by atoms with Crippen molar-refractivity contribution in [2.45, 2.75) is 23.7 Å². The van der Waals surface area contributed by atoms with E-state index in [1.807, 2.05) is 0 Å². The number of benzene rings is 3. The quantitative estimate of drug-likeness (QED) is 0.356. The number of rotatable bonds is 4. The van der Waals surface area contributed by atoms with E-state index in [2.05, 4.69) is 0 Å². The predicted octanol–water partition coefficient (Wildman–Crippen LogP) is 5.37. The molecule has 0 bridgehead atoms. The number of nitro groups is 1. The lowest BCUT2D eigenvalue weighted by molar-refractivity contribution is -0.531. The van der Waals surface area contributed by atoms with Crippen molar-refractivity contribution >= 4 is 34.8 Å². The van der Waals surface area contributed by atoms with Crippen LogP contribution in [0.4, 0.5) is 5.69 Å². The molecule has 3 aromatic rings. The highest BCUT2D eigenvalue weighted by atomic mass is 35.5. The number of hydrogen-bond donors (Lipinski definition) is 0. The molecular weight excluding hydrogens is 479 g/mol. The Kier molecular flexibility index (Phi) is 5.51. The SMILES string of the molecule is COc1ccc([C@@H]2O[C@@]3(C(=O)N(C)c4ccccc43)[C@@H](c3c(Cl)cccc3Cl)[C@@H]2[N+](=O)[O-])cc1. The van der Waals surface area contributed by atoms with Crippen LogP contribution in [0.15, 0.2) is 66.7 Å². The summed E-state index contributed by atoms with van der Waals surface area (Å²) in [7, 11) is 3.17. The van der Waals surface area contributed by atoms with Crippen molar-refractivity contribution in [3.8, 4) is 5.75 Å². The second-order valence-corrected chi connectivity index (χ2v) is 9.13. The Morgan fingerprint density at radius 2 is 1.68 bits per heavy atom. The molecule has 1 spiro atoms. The molecule has 4 atom stereocenters. The summed E-state index contributed by atoms with van der Waals surface area (Å²) in [4.78, 5) is 27.6. The molecule has 34 heavy (non-hydrogen) atoms. The van der Waals surface area contributed by atoms with Crippen molar-refractivity contribution in [3.05, 3.63) is 104 Å². The van der Waals surface area contributed by atoms with Gasteiger partial charge in [0.1, 0.15) is 11.7 Å². The maximum Gasteiger partial charge on any atom is 0.264 e. The third kappa shape index (κ3) is 3.11. The van der Waals surface area contributed by atoms with E-state index in [0.29, 0.717) is 28.1 Å². The highest BCUT2D eigenvalue weighted by Crippen LogP contribution is 2.62. The van der Waals surface area contributed by atoms with Crippen molar-refractivity contribution < 1.29 is 19.2 Å². The molecule has 1 fully saturated rings. The Bertz CT molecular complexity index is 1280. The largest absolute Gasteiger partial charge is 0.497 e. The van der Waals surface area contributed by atoms with Crippen LogP contribution in [0, 0.1) is 10.1 Å². The molecule has 2 heterocycles. The molecule has 0 aliphatic carbocycles. The Balaban J connectivity index is 1.81. The number of likely N-dealkylation sites (N-methyl/N-ethyl adjacent to an activating group) is 1. The van der Waals surface area contributed by atoms with E-state index in [4.69, 9.17) is 32.7 Å². The fourth-order valence-electron chi connectivity index (χ4n) is 5.20. The first-order valence-electron chi connectivity index (χ1n) is 10.6. The van der Waals surface area contributed by atoms with Gasteiger partial charge in [0.05, 0.1) is 12.8 Å². The van der Waals surface area contributed by atoms with Crippen LogP contribution in [0.2, 0.25) is 10.0 Å². The first-order valence-corrected chi connectivity index (χ1v) is 11.3. The Morgan fingerprint density at radius 3 is 2.29 bits per heavy atom. The van der Waals surface area contributed by atoms with E-state index >= 15 is 0 Å². The molecule has 9 heteroatoms. The summed E-state index contributed by atoms with van der Waals surface area (Å²) >= 11 is 13.2. The van der Waals surface area contributed by atoms with E-state index in [-0.39, 0.29) is 10.0 Å². The first-order chi connectivity index (χ1) is 16.3. The van der Waals surface area contributed by atoms with Gasteiger partial charge in [-0.1, -0.05) is 59.6 Å². The standard InChI is InChI=1S/C25H20Cl2N2O5/c1-28-19-9-4-3-6-16(19)25(24(28)30)21(20-17(26)7-5-8-18(20)27)22(29(31)32)23(34-25)14-10-12-15(33-2)13-11-14/h3-13,21-23H,1-2H3/t21-,22-,23-,25+/m0/s1. The first kappa shape index (κ1) is 22.7. The Hall–Kier alpha value is -3.13. The molecule has 0 N–H and O–H groups in total. The normalized spacial score (nSPS) is 25.6. The molecule has 2 aliphatic rings. The predicted molar refractivity (Wildman–Crippen MR) is 128 cm³/mol. The van der Waals surface area contributed by atoms with Gasteiger partial charge in [0, 0.05) is 33.1 Å². The topological polar surface area (TPSA) is 81.9 Å². The second kappa shape index (κ2) is 8.27. The van der Waals surface area contributed by atoms with Gasteiger partial charge in [0.25, 0.3) is 11.9 Å². The van der Waals surface area contributed by atoms with Gasteiger partial charge in [-0.05, 0) is 35.9 Å². The number of ether oxygens (including phenoxy) is 2. The van der Waals surface area contributed by atoms with Crippen molar-refractivity contribution in [1.29, 1.82) is 0 Å². The van der Waals surface area contributed by atoms with Crippen molar-refractivity contribution in [2.75, 3.05) is 19.1 Å². The molecule has 1 saturated heterocycles. The number of nitrogens with zero attached hydrogens (tertiary/aromatic N) is 2. The number of carbonyl (C=O) groups excluding carboxylic acids is 1. The van der Waals surface area contributed by atoms with Crippen LogP contribution < -0.4 is 9.64 Å². The fraction of sp³-hybridized carbons (Fsp3) is 0.240. The highest BCUT2D eigenvalue weighted by Gasteiger charge is 2.70. The molecule has 0 unspecified atom stereocenters. The minimum atomic E-state index is -1.68. The van der Waals surface area contributed by atoms with E-state index < -0.39 is 34.5 Å². The van der Waals surface area contributed by atoms with Gasteiger partial charge in [-0.25, -0.2) is 0 Å². The van der Waals surface area contributed by atoms with Crippen molar-refractivity contribution in [2.24, 2.45) is 0 Å². The minimum Gasteiger partial charge on any atom is -0.497 e. The highest BCUT2D eigenvalue weighted by molar-refractivity contribution is 6.36. The van der Waals surface area contributed by atoms with Gasteiger partial charge in [-0.3, -0.25) is 14.9 Å². The average molecular weight is 499 g/mol. The van der Waals surface area contributed by atoms with Crippen LogP contribution >= 0.6 is 23.2 Å². The van der Waals surface area contributed by atoms with Gasteiger partial charge in [0.2, 0.25) is 0 Å². The summed E-state index contributed by atoms with van der Waals surface area (Å²) in [5.41, 5.74) is 0.362. The molecule has 0 saturated carbocycles. The van der Waals surface area contributed by atoms with E-state index in [0.717, 1.165) is 0 Å². The molecule has 5 rings (SSSR count). The molecular formula is C25H20Cl2N2O5. The number of halogens is 2. The molecule has 0 aromatic heterocycles. The van der Waals surface area contributed by atoms with Gasteiger partial charge in [0.15, 0.2) is 11.7 Å². The van der Waals surface area contributed by atoms with Crippen LogP contribution in [0.1, 0.15) is 28.7 Å². The maximum atomic E-state index is 13.9. The second-order valence-electron chi connectivity index (χ2n) is 8.32. The summed E-state index contributed by atoms with van der Waals surface area (Å²) in [5.74, 6) is -0.881. The van der Waals surface area contributed by atoms with E-state index in [1.165, 1.54) is 12.0 Å². The van der Waals surface area contributed by atoms with E-state index in [1.54, 1.807) is 73.8 Å². The number of fused-ring (bicyclic) bond motifs is 2. The smallest absolute Gasteiger partial charge is 0.264 e. The third-order valence-electron chi connectivity index (χ3n) is 6.69. The lowest BCUT2D eigenvalue weighted by Gasteiger charge is -2.30. The van der Waals surface area contributed by atoms with Crippen molar-refractivity contribution in [3.63, 3.8) is 0 Å². The van der Waals surface area contributed by atoms with Crippen LogP contribution in [0.5, 0.6) is 5.75 Å². The Labute approximate surface area is 205 Å². The lowest BCUT2D eigenvalue weighted by Crippen LogP contribution is -2.44. The third-order valence-corrected chi connectivity index (χ3v) is 7.35. The summed E-state index contributed by atoms with van der Waals surface area (Å²) in [6.07, 6.45) is -1.04. The molecule has 0 radical (unpaired) electrons. The van der Waals surface area contributed by atoms with Crippen LogP contribution in [0.25, 0.3) is 0 Å². The average Bonchev–Trinajstić information content (AvgIpc) is 3.29. The molecule has 7 nitrogen and oxygen atoms in total. The fourth-order valence-corrected chi connectivity index (χ4v) is 5.83. The molecule has 1 amide bonds.